The van der Waals surface area contributed by atoms with Crippen molar-refractivity contribution in [3.8, 4) is 0 Å². The number of aliphatic carboxylic acids is 1. The van der Waals surface area contributed by atoms with Crippen molar-refractivity contribution in [1.82, 2.24) is 15.3 Å². The number of carboxylic acid groups (broad SMARTS) is 1. The van der Waals surface area contributed by atoms with E-state index < -0.39 is 23.1 Å². The smallest absolute Gasteiger partial charge is 0.321 e. The molecule has 1 atom stereocenters. The molecular formula is C18H16BrN3O4. The van der Waals surface area contributed by atoms with Gasteiger partial charge in [0.25, 0.3) is 0 Å². The Morgan fingerprint density at radius 1 is 1.12 bits per heavy atom. The average Bonchev–Trinajstić information content (AvgIpc) is 2.60. The second-order valence-corrected chi connectivity index (χ2v) is 6.77. The highest BCUT2D eigenvalue weighted by Gasteiger charge is 2.18. The highest BCUT2D eigenvalue weighted by Crippen LogP contribution is 2.20. The van der Waals surface area contributed by atoms with E-state index >= 15 is 0 Å². The summed E-state index contributed by atoms with van der Waals surface area (Å²) in [6.07, 6.45) is 0.329. The monoisotopic (exact) mass is 417 g/mol. The molecule has 26 heavy (non-hydrogen) atoms. The zero-order valence-corrected chi connectivity index (χ0v) is 15.2. The molecule has 0 radical (unpaired) electrons. The van der Waals surface area contributed by atoms with Crippen LogP contribution in [-0.4, -0.2) is 27.1 Å². The summed E-state index contributed by atoms with van der Waals surface area (Å²) in [6, 6.07) is 12.0. The number of aromatic amines is 2. The van der Waals surface area contributed by atoms with Crippen molar-refractivity contribution in [2.45, 2.75) is 19.0 Å². The van der Waals surface area contributed by atoms with Crippen molar-refractivity contribution < 1.29 is 9.90 Å². The van der Waals surface area contributed by atoms with Gasteiger partial charge in [-0.05, 0) is 29.7 Å². The lowest BCUT2D eigenvalue weighted by Gasteiger charge is -2.16. The summed E-state index contributed by atoms with van der Waals surface area (Å²) in [5.41, 5.74) is 1.03. The summed E-state index contributed by atoms with van der Waals surface area (Å²) in [4.78, 5) is 39.8. The molecule has 0 aliphatic carbocycles. The van der Waals surface area contributed by atoms with Gasteiger partial charge < -0.3 is 15.1 Å². The van der Waals surface area contributed by atoms with E-state index in [9.17, 15) is 19.5 Å². The van der Waals surface area contributed by atoms with Crippen LogP contribution in [0.3, 0.4) is 0 Å². The Morgan fingerprint density at radius 2 is 1.81 bits per heavy atom. The van der Waals surface area contributed by atoms with Crippen LogP contribution in [0.2, 0.25) is 0 Å². The zero-order valence-electron chi connectivity index (χ0n) is 13.6. The molecule has 134 valence electrons. The molecule has 8 heteroatoms. The van der Waals surface area contributed by atoms with Gasteiger partial charge in [-0.1, -0.05) is 46.3 Å². The molecule has 0 fully saturated rings. The maximum Gasteiger partial charge on any atom is 0.321 e. The summed E-state index contributed by atoms with van der Waals surface area (Å²) < 4.78 is 0.708. The van der Waals surface area contributed by atoms with Gasteiger partial charge in [0.2, 0.25) is 0 Å². The second-order valence-electron chi connectivity index (χ2n) is 5.86. The number of carboxylic acids is 1. The summed E-state index contributed by atoms with van der Waals surface area (Å²) >= 11 is 3.36. The van der Waals surface area contributed by atoms with Gasteiger partial charge in [0.15, 0.2) is 0 Å². The van der Waals surface area contributed by atoms with Gasteiger partial charge in [-0.15, -0.1) is 0 Å². The minimum atomic E-state index is -0.963. The van der Waals surface area contributed by atoms with Crippen LogP contribution in [0.1, 0.15) is 11.1 Å². The number of nitrogens with one attached hydrogen (secondary N) is 3. The van der Waals surface area contributed by atoms with Crippen molar-refractivity contribution in [1.29, 1.82) is 0 Å². The first kappa shape index (κ1) is 18.1. The number of halogens is 1. The molecule has 0 amide bonds. The van der Waals surface area contributed by atoms with Crippen molar-refractivity contribution in [2.24, 2.45) is 0 Å². The van der Waals surface area contributed by atoms with E-state index in [-0.39, 0.29) is 6.54 Å². The van der Waals surface area contributed by atoms with Gasteiger partial charge in [-0.3, -0.25) is 19.7 Å². The number of benzene rings is 2. The predicted molar refractivity (Wildman–Crippen MR) is 101 cm³/mol. The lowest BCUT2D eigenvalue weighted by molar-refractivity contribution is -0.139. The standard InChI is InChI=1S/C18H16BrN3O4/c19-12-7-11(15-13(8-12)21-16(23)17(24)22-15)9-20-14(18(25)26)6-10-4-2-1-3-5-10/h1-5,7-8,14,20H,6,9H2,(H,21,23)(H,22,24)(H,25,26). The van der Waals surface area contributed by atoms with Crippen molar-refractivity contribution in [2.75, 3.05) is 0 Å². The Labute approximate surface area is 156 Å². The number of fused-ring (bicyclic) bond motifs is 1. The Kier molecular flexibility index (Phi) is 5.34. The molecule has 0 saturated heterocycles. The topological polar surface area (TPSA) is 115 Å². The number of carbonyl (C=O) groups is 1. The third-order valence-corrected chi connectivity index (χ3v) is 4.46. The van der Waals surface area contributed by atoms with Crippen LogP contribution < -0.4 is 16.4 Å². The van der Waals surface area contributed by atoms with E-state index in [1.807, 2.05) is 30.3 Å². The van der Waals surface area contributed by atoms with E-state index in [4.69, 9.17) is 0 Å². The quantitative estimate of drug-likeness (QED) is 0.456. The Bertz CT molecular complexity index is 1060. The van der Waals surface area contributed by atoms with Gasteiger partial charge >= 0.3 is 17.1 Å². The van der Waals surface area contributed by atoms with Gasteiger partial charge in [0, 0.05) is 11.0 Å². The van der Waals surface area contributed by atoms with Gasteiger partial charge in [-0.2, -0.15) is 0 Å². The zero-order chi connectivity index (χ0) is 18.7. The van der Waals surface area contributed by atoms with Crippen LogP contribution in [0.5, 0.6) is 0 Å². The first-order valence-corrected chi connectivity index (χ1v) is 8.68. The molecule has 7 nitrogen and oxygen atoms in total. The SMILES string of the molecule is O=C(O)C(Cc1ccccc1)NCc1cc(Br)cc2[nH]c(=O)c(=O)[nH]c12. The first-order valence-electron chi connectivity index (χ1n) is 7.89. The van der Waals surface area contributed by atoms with Crippen molar-refractivity contribution in [3.05, 3.63) is 78.8 Å². The summed E-state index contributed by atoms with van der Waals surface area (Å²) in [5, 5.41) is 12.5. The van der Waals surface area contributed by atoms with E-state index in [1.165, 1.54) is 0 Å². The van der Waals surface area contributed by atoms with E-state index in [2.05, 4.69) is 31.2 Å². The molecule has 3 aromatic rings. The molecular weight excluding hydrogens is 402 g/mol. The molecule has 1 aromatic heterocycles. The Hall–Kier alpha value is -2.71. The van der Waals surface area contributed by atoms with E-state index in [1.54, 1.807) is 12.1 Å². The largest absolute Gasteiger partial charge is 0.480 e. The Morgan fingerprint density at radius 3 is 2.50 bits per heavy atom. The fourth-order valence-corrected chi connectivity index (χ4v) is 3.23. The minimum absolute atomic E-state index is 0.210. The van der Waals surface area contributed by atoms with Gasteiger partial charge in [0.05, 0.1) is 11.0 Å². The Balaban J connectivity index is 1.87. The lowest BCUT2D eigenvalue weighted by atomic mass is 10.1. The van der Waals surface area contributed by atoms with Crippen LogP contribution in [0.25, 0.3) is 11.0 Å². The van der Waals surface area contributed by atoms with Crippen molar-refractivity contribution in [3.63, 3.8) is 0 Å². The van der Waals surface area contributed by atoms with Gasteiger partial charge in [-0.25, -0.2) is 0 Å². The minimum Gasteiger partial charge on any atom is -0.480 e. The summed E-state index contributed by atoms with van der Waals surface area (Å²) in [5.74, 6) is -0.963. The molecule has 0 aliphatic rings. The lowest BCUT2D eigenvalue weighted by Crippen LogP contribution is -2.38. The first-order chi connectivity index (χ1) is 12.4. The molecule has 1 unspecified atom stereocenters. The van der Waals surface area contributed by atoms with Crippen LogP contribution in [-0.2, 0) is 17.8 Å². The molecule has 4 N–H and O–H groups in total. The third-order valence-electron chi connectivity index (χ3n) is 4.00. The number of H-pyrrole nitrogens is 2. The summed E-state index contributed by atoms with van der Waals surface area (Å²) in [7, 11) is 0. The van der Waals surface area contributed by atoms with E-state index in [0.717, 1.165) is 5.56 Å². The van der Waals surface area contributed by atoms with E-state index in [0.29, 0.717) is 27.5 Å². The molecule has 0 bridgehead atoms. The highest BCUT2D eigenvalue weighted by atomic mass is 79.9. The third kappa shape index (κ3) is 4.09. The maximum atomic E-state index is 11.6. The van der Waals surface area contributed by atoms with Crippen LogP contribution in [0.15, 0.2) is 56.5 Å². The molecule has 0 spiro atoms. The average molecular weight is 418 g/mol. The fraction of sp³-hybridized carbons (Fsp3) is 0.167. The van der Waals surface area contributed by atoms with Crippen LogP contribution in [0.4, 0.5) is 0 Å². The predicted octanol–water partition coefficient (Wildman–Crippen LogP) is 1.76. The molecule has 1 heterocycles. The molecule has 0 aliphatic heterocycles. The van der Waals surface area contributed by atoms with Gasteiger partial charge in [0.1, 0.15) is 6.04 Å². The van der Waals surface area contributed by atoms with Crippen LogP contribution in [0, 0.1) is 0 Å². The molecule has 2 aromatic carbocycles. The van der Waals surface area contributed by atoms with Crippen molar-refractivity contribution >= 4 is 32.9 Å². The highest BCUT2D eigenvalue weighted by molar-refractivity contribution is 9.10. The molecule has 0 saturated carbocycles. The number of hydrogen-bond acceptors (Lipinski definition) is 4. The second kappa shape index (κ2) is 7.67. The fourth-order valence-electron chi connectivity index (χ4n) is 2.73. The summed E-state index contributed by atoms with van der Waals surface area (Å²) in [6.45, 7) is 0.210. The maximum absolute atomic E-state index is 11.6. The van der Waals surface area contributed by atoms with Crippen LogP contribution >= 0.6 is 15.9 Å². The number of rotatable bonds is 6. The number of aromatic nitrogens is 2. The molecule has 3 rings (SSSR count). The number of hydrogen-bond donors (Lipinski definition) is 4. The normalized spacial score (nSPS) is 12.2.